The first-order valence-electron chi connectivity index (χ1n) is 10.6. The van der Waals surface area contributed by atoms with Crippen molar-refractivity contribution < 1.29 is 9.59 Å². The Morgan fingerprint density at radius 2 is 2.10 bits per heavy atom. The van der Waals surface area contributed by atoms with Crippen molar-refractivity contribution >= 4 is 23.2 Å². The number of piperidine rings is 1. The monoisotopic (exact) mass is 437 g/mol. The van der Waals surface area contributed by atoms with Gasteiger partial charge in [-0.2, -0.15) is 5.10 Å². The molecule has 0 bridgehead atoms. The van der Waals surface area contributed by atoms with Gasteiger partial charge >= 0.3 is 0 Å². The van der Waals surface area contributed by atoms with Gasteiger partial charge in [0.15, 0.2) is 0 Å². The molecule has 1 aliphatic heterocycles. The van der Waals surface area contributed by atoms with Gasteiger partial charge in [0.05, 0.1) is 5.41 Å². The Bertz CT molecular complexity index is 1020. The van der Waals surface area contributed by atoms with Gasteiger partial charge in [0.2, 0.25) is 11.8 Å². The highest BCUT2D eigenvalue weighted by molar-refractivity contribution is 7.13. The highest BCUT2D eigenvalue weighted by Crippen LogP contribution is 2.38. The van der Waals surface area contributed by atoms with Crippen LogP contribution in [0.5, 0.6) is 0 Å². The van der Waals surface area contributed by atoms with Crippen LogP contribution < -0.4 is 5.32 Å². The van der Waals surface area contributed by atoms with Gasteiger partial charge in [0.1, 0.15) is 19.2 Å². The van der Waals surface area contributed by atoms with Crippen molar-refractivity contribution in [1.82, 2.24) is 25.0 Å². The molecule has 31 heavy (non-hydrogen) atoms. The lowest BCUT2D eigenvalue weighted by Crippen LogP contribution is -2.55. The van der Waals surface area contributed by atoms with Crippen LogP contribution in [0.4, 0.5) is 0 Å². The van der Waals surface area contributed by atoms with Crippen molar-refractivity contribution in [3.8, 4) is 10.4 Å². The smallest absolute Gasteiger partial charge is 0.244 e. The average Bonchev–Trinajstić information content (AvgIpc) is 3.49. The van der Waals surface area contributed by atoms with E-state index in [1.54, 1.807) is 11.3 Å². The number of thiophene rings is 1. The van der Waals surface area contributed by atoms with Crippen LogP contribution in [0.15, 0.2) is 54.4 Å². The zero-order chi connectivity index (χ0) is 21.7. The highest BCUT2D eigenvalue weighted by atomic mass is 32.1. The Balaban J connectivity index is 1.62. The topological polar surface area (TPSA) is 80.1 Å². The number of nitrogens with one attached hydrogen (secondary N) is 1. The van der Waals surface area contributed by atoms with Gasteiger partial charge in [-0.1, -0.05) is 30.3 Å². The number of aromatic nitrogens is 3. The molecule has 0 spiro atoms. The Morgan fingerprint density at radius 3 is 2.84 bits per heavy atom. The van der Waals surface area contributed by atoms with Crippen LogP contribution in [0.25, 0.3) is 10.4 Å². The molecule has 3 heterocycles. The normalized spacial score (nSPS) is 18.7. The maximum absolute atomic E-state index is 13.3. The number of rotatable bonds is 7. The first kappa shape index (κ1) is 21.2. The lowest BCUT2D eigenvalue weighted by molar-refractivity contribution is -0.142. The SMILES string of the molecule is CCNC(=O)[C@@]1(Cc2ccccc2-c2cccs2)CCCN(C(=O)Cn2cncn2)C1. The molecule has 1 N–H and O–H groups in total. The molecule has 162 valence electrons. The van der Waals surface area contributed by atoms with Gasteiger partial charge in [0.25, 0.3) is 0 Å². The Morgan fingerprint density at radius 1 is 1.23 bits per heavy atom. The van der Waals surface area contributed by atoms with Crippen LogP contribution in [0.2, 0.25) is 0 Å². The van der Waals surface area contributed by atoms with Crippen molar-refractivity contribution in [3.05, 3.63) is 60.0 Å². The van der Waals surface area contributed by atoms with Gasteiger partial charge in [-0.25, -0.2) is 9.67 Å². The standard InChI is InChI=1S/C23H27N5O2S/c1-2-25-22(30)23(13-18-7-3-4-8-19(18)20-9-5-12-31-20)10-6-11-27(15-23)21(29)14-28-17-24-16-26-28/h3-5,7-9,12,16-17H,2,6,10-11,13-15H2,1H3,(H,25,30)/t23-/m1/s1. The molecule has 4 rings (SSSR count). The van der Waals surface area contributed by atoms with Gasteiger partial charge in [0, 0.05) is 24.5 Å². The first-order chi connectivity index (χ1) is 15.1. The largest absolute Gasteiger partial charge is 0.356 e. The molecule has 0 radical (unpaired) electrons. The third-order valence-electron chi connectivity index (χ3n) is 5.85. The zero-order valence-electron chi connectivity index (χ0n) is 17.7. The van der Waals surface area contributed by atoms with Gasteiger partial charge < -0.3 is 10.2 Å². The second-order valence-corrected chi connectivity index (χ2v) is 8.91. The van der Waals surface area contributed by atoms with E-state index < -0.39 is 5.41 Å². The van der Waals surface area contributed by atoms with Crippen LogP contribution >= 0.6 is 11.3 Å². The van der Waals surface area contributed by atoms with Crippen molar-refractivity contribution in [2.75, 3.05) is 19.6 Å². The second-order valence-electron chi connectivity index (χ2n) is 7.96. The van der Waals surface area contributed by atoms with E-state index >= 15 is 0 Å². The molecule has 0 unspecified atom stereocenters. The number of benzene rings is 1. The van der Waals surface area contributed by atoms with E-state index in [2.05, 4.69) is 39.0 Å². The van der Waals surface area contributed by atoms with E-state index in [0.717, 1.165) is 24.0 Å². The summed E-state index contributed by atoms with van der Waals surface area (Å²) in [4.78, 5) is 33.2. The predicted molar refractivity (Wildman–Crippen MR) is 120 cm³/mol. The molecule has 0 aliphatic carbocycles. The predicted octanol–water partition coefficient (Wildman–Crippen LogP) is 2.99. The number of carbonyl (C=O) groups is 2. The van der Waals surface area contributed by atoms with E-state index in [0.29, 0.717) is 26.1 Å². The Labute approximate surface area is 186 Å². The number of amides is 2. The van der Waals surface area contributed by atoms with E-state index in [1.807, 2.05) is 30.0 Å². The average molecular weight is 438 g/mol. The molecule has 1 atom stereocenters. The van der Waals surface area contributed by atoms with Crippen LogP contribution in [0, 0.1) is 5.41 Å². The Kier molecular flexibility index (Phi) is 6.46. The minimum atomic E-state index is -0.653. The third kappa shape index (κ3) is 4.69. The molecule has 0 saturated carbocycles. The number of hydrogen-bond donors (Lipinski definition) is 1. The molecule has 1 fully saturated rings. The minimum absolute atomic E-state index is 0.0224. The number of likely N-dealkylation sites (tertiary alicyclic amines) is 1. The molecule has 7 nitrogen and oxygen atoms in total. The van der Waals surface area contributed by atoms with Crippen LogP contribution in [0.3, 0.4) is 0 Å². The van der Waals surface area contributed by atoms with Crippen LogP contribution in [-0.4, -0.2) is 51.1 Å². The zero-order valence-corrected chi connectivity index (χ0v) is 18.5. The van der Waals surface area contributed by atoms with E-state index in [4.69, 9.17) is 0 Å². The summed E-state index contributed by atoms with van der Waals surface area (Å²) in [7, 11) is 0. The fraction of sp³-hybridized carbons (Fsp3) is 0.391. The summed E-state index contributed by atoms with van der Waals surface area (Å²) in [5.74, 6) is -0.0142. The van der Waals surface area contributed by atoms with Crippen molar-refractivity contribution in [2.45, 2.75) is 32.7 Å². The van der Waals surface area contributed by atoms with Crippen molar-refractivity contribution in [2.24, 2.45) is 5.41 Å². The molecule has 1 aliphatic rings. The summed E-state index contributed by atoms with van der Waals surface area (Å²) in [5.41, 5.74) is 1.65. The van der Waals surface area contributed by atoms with Gasteiger partial charge in [-0.05, 0) is 48.8 Å². The highest BCUT2D eigenvalue weighted by Gasteiger charge is 2.43. The van der Waals surface area contributed by atoms with Crippen molar-refractivity contribution in [3.63, 3.8) is 0 Å². The fourth-order valence-electron chi connectivity index (χ4n) is 4.37. The molecule has 1 aromatic carbocycles. The lowest BCUT2D eigenvalue weighted by Gasteiger charge is -2.42. The summed E-state index contributed by atoms with van der Waals surface area (Å²) >= 11 is 1.70. The molecule has 3 aromatic rings. The van der Waals surface area contributed by atoms with Crippen LogP contribution in [-0.2, 0) is 22.6 Å². The van der Waals surface area contributed by atoms with Crippen molar-refractivity contribution in [1.29, 1.82) is 0 Å². The molecular formula is C23H27N5O2S. The summed E-state index contributed by atoms with van der Waals surface area (Å²) in [6.45, 7) is 3.70. The maximum atomic E-state index is 13.3. The summed E-state index contributed by atoms with van der Waals surface area (Å²) in [5, 5.41) is 9.14. The molecule has 2 aromatic heterocycles. The lowest BCUT2D eigenvalue weighted by atomic mass is 9.73. The summed E-state index contributed by atoms with van der Waals surface area (Å²) < 4.78 is 1.52. The minimum Gasteiger partial charge on any atom is -0.356 e. The molecule has 1 saturated heterocycles. The van der Waals surface area contributed by atoms with Gasteiger partial charge in [-0.15, -0.1) is 11.3 Å². The van der Waals surface area contributed by atoms with E-state index in [-0.39, 0.29) is 18.4 Å². The summed E-state index contributed by atoms with van der Waals surface area (Å²) in [6.07, 6.45) is 5.10. The number of carbonyl (C=O) groups excluding carboxylic acids is 2. The van der Waals surface area contributed by atoms with E-state index in [9.17, 15) is 9.59 Å². The molecule has 8 heteroatoms. The van der Waals surface area contributed by atoms with E-state index in [1.165, 1.54) is 22.2 Å². The maximum Gasteiger partial charge on any atom is 0.244 e. The first-order valence-corrected chi connectivity index (χ1v) is 11.5. The Hall–Kier alpha value is -3.00. The third-order valence-corrected chi connectivity index (χ3v) is 6.75. The molecule has 2 amide bonds. The fourth-order valence-corrected chi connectivity index (χ4v) is 5.15. The van der Waals surface area contributed by atoms with Gasteiger partial charge in [-0.3, -0.25) is 9.59 Å². The van der Waals surface area contributed by atoms with Crippen LogP contribution in [0.1, 0.15) is 25.3 Å². The molecular weight excluding hydrogens is 410 g/mol. The number of hydrogen-bond acceptors (Lipinski definition) is 5. The quantitative estimate of drug-likeness (QED) is 0.616. The second kappa shape index (κ2) is 9.43. The number of nitrogens with zero attached hydrogens (tertiary/aromatic N) is 4. The summed E-state index contributed by atoms with van der Waals surface area (Å²) in [6, 6.07) is 12.4.